The number of ether oxygens (including phenoxy) is 1. The topological polar surface area (TPSA) is 48.3 Å². The van der Waals surface area contributed by atoms with Crippen LogP contribution in [-0.4, -0.2) is 17.1 Å². The number of aromatic nitrogens is 1. The van der Waals surface area contributed by atoms with Crippen molar-refractivity contribution in [2.24, 2.45) is 0 Å². The first-order chi connectivity index (χ1) is 9.13. The minimum absolute atomic E-state index is 0.125. The van der Waals surface area contributed by atoms with Gasteiger partial charge in [-0.25, -0.2) is 4.79 Å². The van der Waals surface area contributed by atoms with Gasteiger partial charge in [0.2, 0.25) is 5.43 Å². The van der Waals surface area contributed by atoms with E-state index in [1.807, 2.05) is 16.7 Å². The van der Waals surface area contributed by atoms with E-state index in [2.05, 4.69) is 6.92 Å². The van der Waals surface area contributed by atoms with E-state index in [0.29, 0.717) is 5.39 Å². The summed E-state index contributed by atoms with van der Waals surface area (Å²) in [7, 11) is 0. The molecule has 0 spiro atoms. The van der Waals surface area contributed by atoms with Crippen molar-refractivity contribution in [2.75, 3.05) is 6.61 Å². The van der Waals surface area contributed by atoms with E-state index in [1.54, 1.807) is 19.2 Å². The summed E-state index contributed by atoms with van der Waals surface area (Å²) in [5.74, 6) is -0.539. The molecule has 0 aliphatic carbocycles. The van der Waals surface area contributed by atoms with Crippen LogP contribution in [0, 0.1) is 0 Å². The van der Waals surface area contributed by atoms with Crippen LogP contribution in [0.15, 0.2) is 29.2 Å². The quantitative estimate of drug-likeness (QED) is 0.775. The predicted octanol–water partition coefficient (Wildman–Crippen LogP) is 2.30. The Morgan fingerprint density at radius 3 is 3.00 bits per heavy atom. The second kappa shape index (κ2) is 4.23. The molecule has 1 aromatic heterocycles. The Bertz CT molecular complexity index is 730. The van der Waals surface area contributed by atoms with E-state index in [9.17, 15) is 9.59 Å². The molecule has 3 rings (SSSR count). The number of hydrogen-bond acceptors (Lipinski definition) is 3. The fraction of sp³-hybridized carbons (Fsp3) is 0.333. The zero-order valence-electron chi connectivity index (χ0n) is 11.0. The monoisotopic (exact) mass is 257 g/mol. The van der Waals surface area contributed by atoms with Gasteiger partial charge in [0.1, 0.15) is 5.56 Å². The third kappa shape index (κ3) is 1.67. The van der Waals surface area contributed by atoms with Crippen molar-refractivity contribution in [1.82, 2.24) is 4.57 Å². The van der Waals surface area contributed by atoms with Gasteiger partial charge in [0.15, 0.2) is 0 Å². The lowest BCUT2D eigenvalue weighted by molar-refractivity contribution is 0.0524. The Kier molecular flexibility index (Phi) is 2.66. The van der Waals surface area contributed by atoms with Crippen molar-refractivity contribution in [3.05, 3.63) is 45.7 Å². The molecule has 4 nitrogen and oxygen atoms in total. The number of nitrogens with zero attached hydrogens (tertiary/aromatic N) is 1. The first kappa shape index (κ1) is 12.0. The van der Waals surface area contributed by atoms with Gasteiger partial charge in [0, 0.05) is 17.6 Å². The molecule has 1 atom stereocenters. The predicted molar refractivity (Wildman–Crippen MR) is 72.6 cm³/mol. The number of hydrogen-bond donors (Lipinski definition) is 0. The molecule has 98 valence electrons. The van der Waals surface area contributed by atoms with Crippen molar-refractivity contribution >= 4 is 16.9 Å². The van der Waals surface area contributed by atoms with Crippen molar-refractivity contribution in [3.63, 3.8) is 0 Å². The van der Waals surface area contributed by atoms with Crippen LogP contribution in [0.1, 0.15) is 35.8 Å². The second-order valence-corrected chi connectivity index (χ2v) is 4.87. The molecular weight excluding hydrogens is 242 g/mol. The third-order valence-corrected chi connectivity index (χ3v) is 3.62. The summed E-state index contributed by atoms with van der Waals surface area (Å²) < 4.78 is 6.97. The highest BCUT2D eigenvalue weighted by atomic mass is 16.5. The molecule has 0 bridgehead atoms. The van der Waals surface area contributed by atoms with Gasteiger partial charge in [-0.1, -0.05) is 12.1 Å². The number of pyridine rings is 1. The Morgan fingerprint density at radius 1 is 1.47 bits per heavy atom. The largest absolute Gasteiger partial charge is 0.462 e. The molecule has 0 fully saturated rings. The van der Waals surface area contributed by atoms with Crippen LogP contribution in [0.25, 0.3) is 10.9 Å². The molecular formula is C15H15NO3. The summed E-state index contributed by atoms with van der Waals surface area (Å²) in [6.45, 7) is 4.08. The van der Waals surface area contributed by atoms with Gasteiger partial charge in [-0.2, -0.15) is 0 Å². The van der Waals surface area contributed by atoms with Crippen molar-refractivity contribution in [1.29, 1.82) is 0 Å². The lowest BCUT2D eigenvalue weighted by atomic mass is 10.1. The highest BCUT2D eigenvalue weighted by Gasteiger charge is 2.24. The minimum Gasteiger partial charge on any atom is -0.462 e. The summed E-state index contributed by atoms with van der Waals surface area (Å²) in [6, 6.07) is 5.94. The highest BCUT2D eigenvalue weighted by Crippen LogP contribution is 2.30. The van der Waals surface area contributed by atoms with E-state index < -0.39 is 5.97 Å². The number of carbonyl (C=O) groups excluding carboxylic acids is 1. The second-order valence-electron chi connectivity index (χ2n) is 4.87. The van der Waals surface area contributed by atoms with Crippen molar-refractivity contribution in [2.45, 2.75) is 26.3 Å². The molecule has 1 unspecified atom stereocenters. The summed E-state index contributed by atoms with van der Waals surface area (Å²) in [6.07, 6.45) is 2.53. The molecule has 0 amide bonds. The average Bonchev–Trinajstić information content (AvgIpc) is 2.71. The SMILES string of the molecule is CCOC(=O)c1cn2c3c(cccc3c1=O)CC2C. The maximum Gasteiger partial charge on any atom is 0.343 e. The number of benzene rings is 1. The van der Waals surface area contributed by atoms with Crippen LogP contribution < -0.4 is 5.43 Å². The molecule has 0 saturated carbocycles. The Morgan fingerprint density at radius 2 is 2.26 bits per heavy atom. The highest BCUT2D eigenvalue weighted by molar-refractivity contribution is 5.95. The van der Waals surface area contributed by atoms with E-state index in [-0.39, 0.29) is 23.6 Å². The summed E-state index contributed by atoms with van der Waals surface area (Å²) in [5.41, 5.74) is 2.01. The van der Waals surface area contributed by atoms with E-state index in [4.69, 9.17) is 4.74 Å². The fourth-order valence-corrected chi connectivity index (χ4v) is 2.77. The Balaban J connectivity index is 2.33. The standard InChI is InChI=1S/C15H15NO3/c1-3-19-15(18)12-8-16-9(2)7-10-5-4-6-11(13(10)16)14(12)17/h4-6,8-9H,3,7H2,1-2H3. The summed E-state index contributed by atoms with van der Waals surface area (Å²) >= 11 is 0. The van der Waals surface area contributed by atoms with E-state index in [0.717, 1.165) is 17.5 Å². The van der Waals surface area contributed by atoms with Gasteiger partial charge in [0.25, 0.3) is 0 Å². The van der Waals surface area contributed by atoms with Crippen LogP contribution >= 0.6 is 0 Å². The number of carbonyl (C=O) groups is 1. The van der Waals surface area contributed by atoms with Gasteiger partial charge in [0.05, 0.1) is 12.1 Å². The molecule has 2 aromatic rings. The number of rotatable bonds is 2. The van der Waals surface area contributed by atoms with E-state index >= 15 is 0 Å². The molecule has 0 radical (unpaired) electrons. The first-order valence-electron chi connectivity index (χ1n) is 6.47. The van der Waals surface area contributed by atoms with Crippen LogP contribution in [-0.2, 0) is 11.2 Å². The number of para-hydroxylation sites is 1. The summed E-state index contributed by atoms with van der Waals surface area (Å²) in [5, 5.41) is 0.604. The number of esters is 1. The molecule has 19 heavy (non-hydrogen) atoms. The van der Waals surface area contributed by atoms with Gasteiger partial charge in [-0.15, -0.1) is 0 Å². The minimum atomic E-state index is -0.539. The zero-order chi connectivity index (χ0) is 13.6. The van der Waals surface area contributed by atoms with Crippen LogP contribution in [0.2, 0.25) is 0 Å². The lowest BCUT2D eigenvalue weighted by Crippen LogP contribution is -2.20. The molecule has 1 aliphatic heterocycles. The summed E-state index contributed by atoms with van der Waals surface area (Å²) in [4.78, 5) is 24.2. The van der Waals surface area contributed by atoms with E-state index in [1.165, 1.54) is 0 Å². The maximum atomic E-state index is 12.4. The molecule has 0 saturated heterocycles. The van der Waals surface area contributed by atoms with Gasteiger partial charge >= 0.3 is 5.97 Å². The molecule has 1 aromatic carbocycles. The zero-order valence-corrected chi connectivity index (χ0v) is 11.0. The molecule has 0 N–H and O–H groups in total. The average molecular weight is 257 g/mol. The van der Waals surface area contributed by atoms with Gasteiger partial charge in [-0.05, 0) is 31.9 Å². The third-order valence-electron chi connectivity index (χ3n) is 3.62. The van der Waals surface area contributed by atoms with Gasteiger partial charge < -0.3 is 9.30 Å². The van der Waals surface area contributed by atoms with Crippen molar-refractivity contribution in [3.8, 4) is 0 Å². The normalized spacial score (nSPS) is 16.8. The first-order valence-corrected chi connectivity index (χ1v) is 6.47. The van der Waals surface area contributed by atoms with Crippen LogP contribution in [0.5, 0.6) is 0 Å². The fourth-order valence-electron chi connectivity index (χ4n) is 2.77. The Hall–Kier alpha value is -2.10. The van der Waals surface area contributed by atoms with Crippen LogP contribution in [0.3, 0.4) is 0 Å². The molecule has 4 heteroatoms. The van der Waals surface area contributed by atoms with Gasteiger partial charge in [-0.3, -0.25) is 4.79 Å². The maximum absolute atomic E-state index is 12.4. The van der Waals surface area contributed by atoms with Crippen molar-refractivity contribution < 1.29 is 9.53 Å². The smallest absolute Gasteiger partial charge is 0.343 e. The lowest BCUT2D eigenvalue weighted by Gasteiger charge is -2.11. The molecule has 2 heterocycles. The molecule has 1 aliphatic rings. The van der Waals surface area contributed by atoms with Crippen LogP contribution in [0.4, 0.5) is 0 Å². The Labute approximate surface area is 110 Å².